The molecular weight excluding hydrogens is 929 g/mol. The molecule has 4 aromatic carbocycles. The Morgan fingerprint density at radius 3 is 0.543 bits per heavy atom. The standard InChI is InChI=1S/C48H38O22/c49-35(65-43(59)29-13-9-27(10-14-29)41(55)56)5-1-3-7-37(51)67-45(61)31-17-21-33(22-18-31)47(63)69-39(53)25-26-40(54)70-48(64)34-23-19-32(20-24-34)46(62)68-38(52)8-4-2-6-36(50)66-44(60)30-15-11-28(12-16-30)42(57)58/h9-24H,1-8,25-26H2,(H,55,56)(H,57,58). The number of unbranched alkanes of at least 4 members (excludes halogenated alkanes) is 2. The number of aromatic carboxylic acids is 2. The molecule has 0 saturated carbocycles. The average Bonchev–Trinajstić information content (AvgIpc) is 3.33. The molecule has 0 saturated heterocycles. The molecule has 0 spiro atoms. The van der Waals surface area contributed by atoms with Crippen LogP contribution in [0.5, 0.6) is 0 Å². The Hall–Kier alpha value is -9.34. The lowest BCUT2D eigenvalue weighted by atomic mass is 10.1. The highest BCUT2D eigenvalue weighted by molar-refractivity contribution is 6.03. The van der Waals surface area contributed by atoms with Crippen LogP contribution in [0.2, 0.25) is 0 Å². The second-order valence-corrected chi connectivity index (χ2v) is 14.4. The largest absolute Gasteiger partial charge is 0.478 e. The fourth-order valence-electron chi connectivity index (χ4n) is 5.54. The third-order valence-electron chi connectivity index (χ3n) is 9.24. The van der Waals surface area contributed by atoms with Gasteiger partial charge in [-0.25, -0.2) is 38.4 Å². The Balaban J connectivity index is 1.07. The minimum Gasteiger partial charge on any atom is -0.478 e. The predicted molar refractivity (Wildman–Crippen MR) is 228 cm³/mol. The van der Waals surface area contributed by atoms with E-state index in [9.17, 15) is 67.1 Å². The molecule has 362 valence electrons. The Morgan fingerprint density at radius 2 is 0.386 bits per heavy atom. The fraction of sp³-hybridized carbons (Fsp3) is 0.208. The highest BCUT2D eigenvalue weighted by atomic mass is 16.6. The van der Waals surface area contributed by atoms with Gasteiger partial charge in [0.1, 0.15) is 0 Å². The number of rotatable bonds is 21. The second kappa shape index (κ2) is 26.1. The van der Waals surface area contributed by atoms with Gasteiger partial charge in [-0.05, 0) is 123 Å². The van der Waals surface area contributed by atoms with Crippen LogP contribution in [0, 0.1) is 0 Å². The highest BCUT2D eigenvalue weighted by Gasteiger charge is 2.22. The molecule has 0 aliphatic heterocycles. The third kappa shape index (κ3) is 17.5. The van der Waals surface area contributed by atoms with Gasteiger partial charge in [-0.3, -0.25) is 28.8 Å². The van der Waals surface area contributed by atoms with Crippen molar-refractivity contribution >= 4 is 83.6 Å². The molecule has 0 unspecified atom stereocenters. The van der Waals surface area contributed by atoms with Gasteiger partial charge < -0.3 is 38.6 Å². The average molecular weight is 967 g/mol. The van der Waals surface area contributed by atoms with Crippen LogP contribution in [-0.2, 0) is 57.2 Å². The molecule has 22 heteroatoms. The maximum Gasteiger partial charge on any atom is 0.345 e. The van der Waals surface area contributed by atoms with E-state index in [1.54, 1.807) is 0 Å². The molecule has 0 fully saturated rings. The quantitative estimate of drug-likeness (QED) is 0.0470. The third-order valence-corrected chi connectivity index (χ3v) is 9.24. The number of carboxylic acids is 2. The zero-order chi connectivity index (χ0) is 51.3. The number of hydrogen-bond donors (Lipinski definition) is 2. The van der Waals surface area contributed by atoms with E-state index in [4.69, 9.17) is 29.2 Å². The van der Waals surface area contributed by atoms with Gasteiger partial charge in [-0.2, -0.15) is 0 Å². The van der Waals surface area contributed by atoms with E-state index in [0.717, 1.165) is 48.5 Å². The SMILES string of the molecule is O=C(CCCCC(=O)OC(=O)c1ccc(C(=O)OC(=O)CCC(=O)OC(=O)c2ccc(C(=O)OC(=O)CCCCC(=O)OC(=O)c3ccc(C(=O)O)cc3)cc2)cc1)OC(=O)c1ccc(C(=O)O)cc1. The Bertz CT molecular complexity index is 2510. The molecule has 2 N–H and O–H groups in total. The number of ether oxygens (including phenoxy) is 6. The second-order valence-electron chi connectivity index (χ2n) is 14.4. The van der Waals surface area contributed by atoms with Gasteiger partial charge in [-0.15, -0.1) is 0 Å². The maximum atomic E-state index is 12.4. The van der Waals surface area contributed by atoms with Crippen molar-refractivity contribution in [3.8, 4) is 0 Å². The molecule has 4 aromatic rings. The monoisotopic (exact) mass is 966 g/mol. The summed E-state index contributed by atoms with van der Waals surface area (Å²) in [7, 11) is 0. The maximum absolute atomic E-state index is 12.4. The zero-order valence-electron chi connectivity index (χ0n) is 36.4. The molecule has 0 aliphatic carbocycles. The van der Waals surface area contributed by atoms with Crippen LogP contribution in [0.25, 0.3) is 0 Å². The first-order chi connectivity index (χ1) is 33.3. The summed E-state index contributed by atoms with van der Waals surface area (Å²) in [5.74, 6) is -14.9. The van der Waals surface area contributed by atoms with Crippen molar-refractivity contribution < 1.29 is 106 Å². The number of carbonyl (C=O) groups is 14. The molecule has 22 nitrogen and oxygen atoms in total. The van der Waals surface area contributed by atoms with E-state index in [0.29, 0.717) is 0 Å². The van der Waals surface area contributed by atoms with Crippen LogP contribution >= 0.6 is 0 Å². The first-order valence-corrected chi connectivity index (χ1v) is 20.7. The summed E-state index contributed by atoms with van der Waals surface area (Å²) in [5, 5.41) is 17.8. The number of carboxylic acid groups (broad SMARTS) is 2. The van der Waals surface area contributed by atoms with Gasteiger partial charge in [0.15, 0.2) is 0 Å². The molecule has 0 bridgehead atoms. The molecular formula is C48H38O22. The van der Waals surface area contributed by atoms with E-state index < -0.39 is 96.4 Å². The zero-order valence-corrected chi connectivity index (χ0v) is 36.4. The Labute approximate surface area is 394 Å². The molecule has 4 rings (SSSR count). The van der Waals surface area contributed by atoms with Crippen molar-refractivity contribution in [3.63, 3.8) is 0 Å². The van der Waals surface area contributed by atoms with Gasteiger partial charge in [0.05, 0.1) is 57.3 Å². The first-order valence-electron chi connectivity index (χ1n) is 20.7. The van der Waals surface area contributed by atoms with E-state index in [1.165, 1.54) is 48.5 Å². The van der Waals surface area contributed by atoms with Crippen molar-refractivity contribution in [2.24, 2.45) is 0 Å². The van der Waals surface area contributed by atoms with Gasteiger partial charge in [0.25, 0.3) is 0 Å². The van der Waals surface area contributed by atoms with Crippen molar-refractivity contribution in [3.05, 3.63) is 142 Å². The van der Waals surface area contributed by atoms with Crippen LogP contribution < -0.4 is 0 Å². The summed E-state index contributed by atoms with van der Waals surface area (Å²) >= 11 is 0. The van der Waals surface area contributed by atoms with Crippen LogP contribution in [-0.4, -0.2) is 93.8 Å². The van der Waals surface area contributed by atoms with Crippen molar-refractivity contribution in [1.29, 1.82) is 0 Å². The van der Waals surface area contributed by atoms with E-state index >= 15 is 0 Å². The van der Waals surface area contributed by atoms with E-state index in [1.807, 2.05) is 0 Å². The minimum absolute atomic E-state index is 0.0445. The van der Waals surface area contributed by atoms with Crippen LogP contribution in [0.3, 0.4) is 0 Å². The lowest BCUT2D eigenvalue weighted by Crippen LogP contribution is -2.17. The Morgan fingerprint density at radius 1 is 0.243 bits per heavy atom. The normalized spacial score (nSPS) is 10.3. The van der Waals surface area contributed by atoms with E-state index in [-0.39, 0.29) is 95.9 Å². The van der Waals surface area contributed by atoms with Gasteiger partial charge in [0.2, 0.25) is 0 Å². The molecule has 0 aliphatic rings. The summed E-state index contributed by atoms with van der Waals surface area (Å²) in [6.45, 7) is 0. The molecule has 70 heavy (non-hydrogen) atoms. The lowest BCUT2D eigenvalue weighted by molar-refractivity contribution is -0.144. The number of carbonyl (C=O) groups excluding carboxylic acids is 12. The summed E-state index contributed by atoms with van der Waals surface area (Å²) in [6, 6.07) is 18.2. The van der Waals surface area contributed by atoms with Crippen LogP contribution in [0.4, 0.5) is 0 Å². The van der Waals surface area contributed by atoms with Gasteiger partial charge in [-0.1, -0.05) is 0 Å². The molecule has 0 heterocycles. The Kier molecular flexibility index (Phi) is 19.9. The predicted octanol–water partition coefficient (Wildman–Crippen LogP) is 5.19. The smallest absolute Gasteiger partial charge is 0.345 e. The van der Waals surface area contributed by atoms with Crippen molar-refractivity contribution in [2.45, 2.75) is 64.2 Å². The van der Waals surface area contributed by atoms with Crippen LogP contribution in [0.15, 0.2) is 97.1 Å². The summed E-state index contributed by atoms with van der Waals surface area (Å²) in [4.78, 5) is 168. The molecule has 0 amide bonds. The topological polar surface area (TPSA) is 335 Å². The number of esters is 12. The lowest BCUT2D eigenvalue weighted by Gasteiger charge is -2.06. The summed E-state index contributed by atoms with van der Waals surface area (Å²) < 4.78 is 28.2. The minimum atomic E-state index is -1.20. The number of hydrogen-bond acceptors (Lipinski definition) is 20. The fourth-order valence-corrected chi connectivity index (χ4v) is 5.54. The van der Waals surface area contributed by atoms with Crippen molar-refractivity contribution in [1.82, 2.24) is 0 Å². The first kappa shape index (κ1) is 53.3. The molecule has 0 atom stereocenters. The molecule has 0 radical (unpaired) electrons. The van der Waals surface area contributed by atoms with Gasteiger partial charge >= 0.3 is 83.6 Å². The molecule has 0 aromatic heterocycles. The number of benzene rings is 4. The van der Waals surface area contributed by atoms with E-state index in [2.05, 4.69) is 9.47 Å². The summed E-state index contributed by atoms with van der Waals surface area (Å²) in [6.07, 6.45) is -2.10. The summed E-state index contributed by atoms with van der Waals surface area (Å²) in [5.41, 5.74) is -0.939. The van der Waals surface area contributed by atoms with Crippen molar-refractivity contribution in [2.75, 3.05) is 0 Å². The van der Waals surface area contributed by atoms with Crippen LogP contribution in [0.1, 0.15) is 147 Å². The van der Waals surface area contributed by atoms with Gasteiger partial charge in [0, 0.05) is 25.7 Å². The highest BCUT2D eigenvalue weighted by Crippen LogP contribution is 2.15.